The highest BCUT2D eigenvalue weighted by Gasteiger charge is 2.27. The monoisotopic (exact) mass is 547 g/mol. The van der Waals surface area contributed by atoms with Gasteiger partial charge in [-0.2, -0.15) is 9.97 Å². The van der Waals surface area contributed by atoms with Crippen molar-refractivity contribution in [2.75, 3.05) is 25.0 Å². The first kappa shape index (κ1) is 28.6. The summed E-state index contributed by atoms with van der Waals surface area (Å²) in [7, 11) is -2.84. The molecule has 0 aliphatic rings. The number of ether oxygens (including phenoxy) is 3. The smallest absolute Gasteiger partial charge is 0.374 e. The van der Waals surface area contributed by atoms with Crippen molar-refractivity contribution in [1.82, 2.24) is 9.97 Å². The van der Waals surface area contributed by atoms with Crippen LogP contribution < -0.4 is 18.9 Å². The Morgan fingerprint density at radius 3 is 2.32 bits per heavy atom. The molecule has 0 radical (unpaired) electrons. The number of methoxy groups -OCH3 is 1. The molecule has 204 valence electrons. The van der Waals surface area contributed by atoms with E-state index in [-0.39, 0.29) is 21.8 Å². The van der Waals surface area contributed by atoms with Gasteiger partial charge < -0.3 is 29.5 Å². The van der Waals surface area contributed by atoms with Crippen molar-refractivity contribution in [2.24, 2.45) is 0 Å². The number of rotatable bonds is 11. The summed E-state index contributed by atoms with van der Waals surface area (Å²) in [5.74, 6) is -3.15. The van der Waals surface area contributed by atoms with Crippen LogP contribution in [0.2, 0.25) is 0 Å². The van der Waals surface area contributed by atoms with Crippen LogP contribution in [0.15, 0.2) is 53.4 Å². The predicted molar refractivity (Wildman–Crippen MR) is 137 cm³/mol. The molecule has 0 saturated heterocycles. The molecule has 2 aromatic carbocycles. The van der Waals surface area contributed by atoms with E-state index in [0.29, 0.717) is 5.75 Å². The van der Waals surface area contributed by atoms with E-state index in [0.717, 1.165) is 5.56 Å². The number of anilines is 1. The van der Waals surface area contributed by atoms with Crippen LogP contribution in [0, 0.1) is 0 Å². The van der Waals surface area contributed by atoms with Gasteiger partial charge in [0, 0.05) is 6.07 Å². The molecule has 4 N–H and O–H groups in total. The third-order valence-corrected chi connectivity index (χ3v) is 6.53. The predicted octanol–water partition coefficient (Wildman–Crippen LogP) is 2.81. The highest BCUT2D eigenvalue weighted by atomic mass is 32.2. The summed E-state index contributed by atoms with van der Waals surface area (Å²) in [6.45, 7) is 4.82. The number of carbonyl (C=O) groups is 1. The van der Waals surface area contributed by atoms with Crippen molar-refractivity contribution in [3.8, 4) is 23.1 Å². The summed E-state index contributed by atoms with van der Waals surface area (Å²) in [5.41, 5.74) is 0.703. The molecule has 3 rings (SSSR count). The lowest BCUT2D eigenvalue weighted by molar-refractivity contribution is 0.0508. The SMILES string of the molecule is COc1cccc(Oc2c(NS(=O)(=O)c3ccc(C(C)(C)C)cc3)nc(C(=O)O)nc2OCC(O)CO)c1. The summed E-state index contributed by atoms with van der Waals surface area (Å²) in [6, 6.07) is 12.5. The van der Waals surface area contributed by atoms with Gasteiger partial charge in [-0.3, -0.25) is 4.72 Å². The van der Waals surface area contributed by atoms with Crippen molar-refractivity contribution in [2.45, 2.75) is 37.2 Å². The van der Waals surface area contributed by atoms with Crippen molar-refractivity contribution in [3.63, 3.8) is 0 Å². The van der Waals surface area contributed by atoms with Gasteiger partial charge in [0.05, 0.1) is 18.6 Å². The first-order valence-electron chi connectivity index (χ1n) is 11.4. The Morgan fingerprint density at radius 2 is 1.74 bits per heavy atom. The standard InChI is InChI=1S/C25H29N3O9S/c1-25(2,3)15-8-10-19(11-9-15)38(33,34)28-21-20(37-18-7-5-6-17(12-18)35-4)23(36-14-16(30)13-29)27-22(26-21)24(31)32/h5-12,16,29-30H,13-14H2,1-4H3,(H,31,32)(H,26,27,28). The van der Waals surface area contributed by atoms with Crippen molar-refractivity contribution in [3.05, 3.63) is 59.9 Å². The molecule has 0 fully saturated rings. The summed E-state index contributed by atoms with van der Waals surface area (Å²) in [6.07, 6.45) is -1.33. The number of aromatic carboxylic acids is 1. The van der Waals surface area contributed by atoms with E-state index in [9.17, 15) is 23.4 Å². The lowest BCUT2D eigenvalue weighted by Crippen LogP contribution is -2.23. The topological polar surface area (TPSA) is 177 Å². The molecule has 1 heterocycles. The van der Waals surface area contributed by atoms with Gasteiger partial charge in [0.1, 0.15) is 24.2 Å². The molecule has 0 amide bonds. The zero-order valence-electron chi connectivity index (χ0n) is 21.2. The van der Waals surface area contributed by atoms with E-state index < -0.39 is 52.8 Å². The van der Waals surface area contributed by atoms with Crippen molar-refractivity contribution >= 4 is 21.8 Å². The van der Waals surface area contributed by atoms with Crippen LogP contribution in [0.25, 0.3) is 0 Å². The summed E-state index contributed by atoms with van der Waals surface area (Å²) < 4.78 is 45.2. The van der Waals surface area contributed by atoms with E-state index in [4.69, 9.17) is 19.3 Å². The Labute approximate surface area is 219 Å². The maximum atomic E-state index is 13.3. The fourth-order valence-electron chi connectivity index (χ4n) is 3.12. The molecular formula is C25H29N3O9S. The van der Waals surface area contributed by atoms with Crippen molar-refractivity contribution < 1.29 is 42.7 Å². The quantitative estimate of drug-likeness (QED) is 0.277. The van der Waals surface area contributed by atoms with Gasteiger partial charge in [-0.05, 0) is 35.2 Å². The lowest BCUT2D eigenvalue weighted by atomic mass is 9.87. The largest absolute Gasteiger partial charge is 0.497 e. The van der Waals surface area contributed by atoms with Gasteiger partial charge >= 0.3 is 5.97 Å². The minimum atomic E-state index is -4.28. The van der Waals surface area contributed by atoms with Crippen LogP contribution >= 0.6 is 0 Å². The van der Waals surface area contributed by atoms with Gasteiger partial charge in [-0.1, -0.05) is 39.0 Å². The average molecular weight is 548 g/mol. The van der Waals surface area contributed by atoms with Crippen LogP contribution in [-0.2, 0) is 15.4 Å². The van der Waals surface area contributed by atoms with Gasteiger partial charge in [-0.15, -0.1) is 0 Å². The Hall–Kier alpha value is -3.94. The molecule has 1 unspecified atom stereocenters. The van der Waals surface area contributed by atoms with Crippen molar-refractivity contribution in [1.29, 1.82) is 0 Å². The van der Waals surface area contributed by atoms with Crippen LogP contribution in [0.4, 0.5) is 5.82 Å². The van der Waals surface area contributed by atoms with Crippen LogP contribution in [0.1, 0.15) is 37.0 Å². The number of aliphatic hydroxyl groups excluding tert-OH is 2. The lowest BCUT2D eigenvalue weighted by Gasteiger charge is -2.20. The Balaban J connectivity index is 2.11. The summed E-state index contributed by atoms with van der Waals surface area (Å²) in [5, 5.41) is 28.4. The van der Waals surface area contributed by atoms with E-state index in [1.165, 1.54) is 31.4 Å². The number of nitrogens with one attached hydrogen (secondary N) is 1. The van der Waals surface area contributed by atoms with Gasteiger partial charge in [0.15, 0.2) is 5.82 Å². The number of nitrogens with zero attached hydrogens (tertiary/aromatic N) is 2. The average Bonchev–Trinajstić information content (AvgIpc) is 2.87. The Morgan fingerprint density at radius 1 is 1.08 bits per heavy atom. The van der Waals surface area contributed by atoms with Gasteiger partial charge in [-0.25, -0.2) is 13.2 Å². The number of aromatic nitrogens is 2. The minimum Gasteiger partial charge on any atom is -0.497 e. The Bertz CT molecular complexity index is 1390. The molecule has 3 aromatic rings. The molecule has 0 aliphatic carbocycles. The normalized spacial score (nSPS) is 12.5. The van der Waals surface area contributed by atoms with Crippen LogP contribution in [0.3, 0.4) is 0 Å². The molecule has 0 spiro atoms. The molecule has 38 heavy (non-hydrogen) atoms. The maximum absolute atomic E-state index is 13.3. The molecule has 1 atom stereocenters. The third kappa shape index (κ3) is 7.09. The van der Waals surface area contributed by atoms with E-state index in [1.807, 2.05) is 20.8 Å². The first-order valence-corrected chi connectivity index (χ1v) is 12.8. The van der Waals surface area contributed by atoms with Gasteiger partial charge in [0.2, 0.25) is 11.6 Å². The number of hydrogen-bond acceptors (Lipinski definition) is 10. The fraction of sp³-hybridized carbons (Fsp3) is 0.320. The van der Waals surface area contributed by atoms with Crippen LogP contribution in [-0.4, -0.2) is 66.1 Å². The van der Waals surface area contributed by atoms with Gasteiger partial charge in [0.25, 0.3) is 15.9 Å². The maximum Gasteiger partial charge on any atom is 0.374 e. The molecule has 13 heteroatoms. The Kier molecular flexibility index (Phi) is 8.76. The molecular weight excluding hydrogens is 518 g/mol. The second-order valence-corrected chi connectivity index (χ2v) is 10.8. The molecule has 1 aromatic heterocycles. The molecule has 0 bridgehead atoms. The second-order valence-electron chi connectivity index (χ2n) is 9.14. The van der Waals surface area contributed by atoms with E-state index in [2.05, 4.69) is 14.7 Å². The highest BCUT2D eigenvalue weighted by Crippen LogP contribution is 2.38. The van der Waals surface area contributed by atoms with E-state index >= 15 is 0 Å². The zero-order chi connectivity index (χ0) is 28.1. The zero-order valence-corrected chi connectivity index (χ0v) is 22.0. The van der Waals surface area contributed by atoms with E-state index in [1.54, 1.807) is 24.3 Å². The number of aliphatic hydroxyl groups is 2. The second kappa shape index (κ2) is 11.6. The first-order chi connectivity index (χ1) is 17.8. The number of sulfonamides is 1. The third-order valence-electron chi connectivity index (χ3n) is 5.17. The number of benzene rings is 2. The highest BCUT2D eigenvalue weighted by molar-refractivity contribution is 7.92. The molecule has 0 aliphatic heterocycles. The minimum absolute atomic E-state index is 0.105. The molecule has 12 nitrogen and oxygen atoms in total. The number of carboxylic acid groups (broad SMARTS) is 1. The fourth-order valence-corrected chi connectivity index (χ4v) is 4.12. The summed E-state index contributed by atoms with van der Waals surface area (Å²) in [4.78, 5) is 19.3. The number of carboxylic acids is 1. The van der Waals surface area contributed by atoms with Crippen LogP contribution in [0.5, 0.6) is 23.1 Å². The molecule has 0 saturated carbocycles. The number of hydrogen-bond donors (Lipinski definition) is 4. The summed E-state index contributed by atoms with van der Waals surface area (Å²) >= 11 is 0.